The molecule has 0 unspecified atom stereocenters. The second kappa shape index (κ2) is 8.71. The molecule has 0 aliphatic heterocycles. The van der Waals surface area contributed by atoms with Crippen LogP contribution < -0.4 is 10.6 Å². The van der Waals surface area contributed by atoms with Crippen LogP contribution in [0.25, 0.3) is 11.5 Å². The Morgan fingerprint density at radius 1 is 0.964 bits per heavy atom. The molecule has 0 atom stereocenters. The Labute approximate surface area is 166 Å². The van der Waals surface area contributed by atoms with Crippen LogP contribution in [0.2, 0.25) is 0 Å². The van der Waals surface area contributed by atoms with Crippen LogP contribution in [0.15, 0.2) is 52.1 Å². The molecule has 2 N–H and O–H groups in total. The fraction of sp³-hybridized carbons (Fsp3) is 0.200. The number of nitrogens with one attached hydrogen (secondary N) is 2. The van der Waals surface area contributed by atoms with E-state index in [0.29, 0.717) is 22.5 Å². The van der Waals surface area contributed by atoms with Crippen molar-refractivity contribution < 1.29 is 14.0 Å². The molecule has 0 spiro atoms. The van der Waals surface area contributed by atoms with Crippen LogP contribution in [-0.2, 0) is 9.59 Å². The first-order chi connectivity index (χ1) is 13.4. The van der Waals surface area contributed by atoms with Gasteiger partial charge in [0.1, 0.15) is 0 Å². The first kappa shape index (κ1) is 19.6. The van der Waals surface area contributed by atoms with Crippen molar-refractivity contribution in [3.05, 3.63) is 53.6 Å². The molecule has 0 saturated heterocycles. The van der Waals surface area contributed by atoms with Gasteiger partial charge in [0, 0.05) is 23.9 Å². The molecule has 3 aromatic rings. The van der Waals surface area contributed by atoms with Gasteiger partial charge in [0.05, 0.1) is 5.75 Å². The van der Waals surface area contributed by atoms with E-state index in [2.05, 4.69) is 20.8 Å². The summed E-state index contributed by atoms with van der Waals surface area (Å²) in [5.74, 6) is 0.234. The van der Waals surface area contributed by atoms with Crippen LogP contribution in [0.1, 0.15) is 18.1 Å². The third-order valence-corrected chi connectivity index (χ3v) is 4.79. The Kier molecular flexibility index (Phi) is 6.10. The van der Waals surface area contributed by atoms with Crippen LogP contribution in [-0.4, -0.2) is 27.8 Å². The molecule has 0 bridgehead atoms. The Bertz CT molecular complexity index is 999. The normalized spacial score (nSPS) is 10.5. The number of hydrogen-bond acceptors (Lipinski definition) is 6. The third kappa shape index (κ3) is 5.20. The number of carbonyl (C=O) groups excluding carboxylic acids is 2. The fourth-order valence-corrected chi connectivity index (χ4v) is 2.99. The van der Waals surface area contributed by atoms with Crippen molar-refractivity contribution >= 4 is 35.0 Å². The van der Waals surface area contributed by atoms with Gasteiger partial charge in [0.15, 0.2) is 0 Å². The Morgan fingerprint density at radius 2 is 1.64 bits per heavy atom. The van der Waals surface area contributed by atoms with Crippen LogP contribution in [0.3, 0.4) is 0 Å². The van der Waals surface area contributed by atoms with Crippen molar-refractivity contribution in [2.75, 3.05) is 16.4 Å². The first-order valence-corrected chi connectivity index (χ1v) is 9.61. The molecule has 1 heterocycles. The minimum atomic E-state index is -0.191. The lowest BCUT2D eigenvalue weighted by Crippen LogP contribution is -2.14. The van der Waals surface area contributed by atoms with E-state index in [4.69, 9.17) is 4.42 Å². The van der Waals surface area contributed by atoms with E-state index >= 15 is 0 Å². The number of nitrogens with zero attached hydrogens (tertiary/aromatic N) is 2. The molecule has 0 radical (unpaired) electrons. The topological polar surface area (TPSA) is 97.1 Å². The van der Waals surface area contributed by atoms with Gasteiger partial charge in [-0.3, -0.25) is 9.59 Å². The molecule has 0 saturated carbocycles. The van der Waals surface area contributed by atoms with Crippen LogP contribution in [0, 0.1) is 13.8 Å². The Hall–Kier alpha value is -3.13. The Balaban J connectivity index is 1.54. The summed E-state index contributed by atoms with van der Waals surface area (Å²) in [5, 5.41) is 13.8. The maximum absolute atomic E-state index is 12.1. The number of anilines is 2. The number of benzene rings is 2. The summed E-state index contributed by atoms with van der Waals surface area (Å²) >= 11 is 1.17. The molecule has 2 amide bonds. The monoisotopic (exact) mass is 396 g/mol. The molecule has 2 aromatic carbocycles. The maximum atomic E-state index is 12.1. The zero-order valence-electron chi connectivity index (χ0n) is 15.8. The molecule has 0 aliphatic carbocycles. The predicted molar refractivity (Wildman–Crippen MR) is 109 cm³/mol. The zero-order valence-corrected chi connectivity index (χ0v) is 16.6. The number of rotatable bonds is 6. The van der Waals surface area contributed by atoms with Crippen LogP contribution in [0.5, 0.6) is 0 Å². The SMILES string of the molecule is CC(=O)Nc1ccc(NC(=O)CSc2nnc(-c3ccc(C)c(C)c3)o2)cc1. The molecular formula is C20H20N4O3S. The summed E-state index contributed by atoms with van der Waals surface area (Å²) in [5.41, 5.74) is 4.50. The van der Waals surface area contributed by atoms with Gasteiger partial charge in [-0.15, -0.1) is 10.2 Å². The van der Waals surface area contributed by atoms with E-state index in [1.165, 1.54) is 24.2 Å². The summed E-state index contributed by atoms with van der Waals surface area (Å²) in [6.07, 6.45) is 0. The molecule has 7 nitrogen and oxygen atoms in total. The highest BCUT2D eigenvalue weighted by Crippen LogP contribution is 2.25. The van der Waals surface area contributed by atoms with Gasteiger partial charge >= 0.3 is 0 Å². The fourth-order valence-electron chi connectivity index (χ4n) is 2.42. The highest BCUT2D eigenvalue weighted by molar-refractivity contribution is 7.99. The third-order valence-electron chi connectivity index (χ3n) is 3.98. The van der Waals surface area contributed by atoms with Gasteiger partial charge in [-0.2, -0.15) is 0 Å². The zero-order chi connectivity index (χ0) is 20.1. The predicted octanol–water partition coefficient (Wildman–Crippen LogP) is 4.04. The van der Waals surface area contributed by atoms with Crippen LogP contribution >= 0.6 is 11.8 Å². The van der Waals surface area contributed by atoms with Crippen molar-refractivity contribution in [1.82, 2.24) is 10.2 Å². The number of amides is 2. The van der Waals surface area contributed by atoms with Crippen LogP contribution in [0.4, 0.5) is 11.4 Å². The van der Waals surface area contributed by atoms with Gasteiger partial charge < -0.3 is 15.1 Å². The number of aryl methyl sites for hydroxylation is 2. The highest BCUT2D eigenvalue weighted by Gasteiger charge is 2.12. The van der Waals surface area contributed by atoms with Crippen molar-refractivity contribution in [3.63, 3.8) is 0 Å². The number of aromatic nitrogens is 2. The molecular weight excluding hydrogens is 376 g/mol. The van der Waals surface area contributed by atoms with E-state index in [1.54, 1.807) is 24.3 Å². The molecule has 8 heteroatoms. The van der Waals surface area contributed by atoms with Gasteiger partial charge in [-0.05, 0) is 61.4 Å². The minimum Gasteiger partial charge on any atom is -0.411 e. The van der Waals surface area contributed by atoms with Crippen molar-refractivity contribution in [3.8, 4) is 11.5 Å². The second-order valence-electron chi connectivity index (χ2n) is 6.27. The lowest BCUT2D eigenvalue weighted by Gasteiger charge is -2.06. The molecule has 1 aromatic heterocycles. The maximum Gasteiger partial charge on any atom is 0.277 e. The molecule has 0 aliphatic rings. The largest absolute Gasteiger partial charge is 0.411 e. The van der Waals surface area contributed by atoms with Crippen molar-refractivity contribution in [2.45, 2.75) is 26.0 Å². The second-order valence-corrected chi connectivity index (χ2v) is 7.19. The average Bonchev–Trinajstić information content (AvgIpc) is 3.12. The lowest BCUT2D eigenvalue weighted by atomic mass is 10.1. The lowest BCUT2D eigenvalue weighted by molar-refractivity contribution is -0.114. The number of thioether (sulfide) groups is 1. The van der Waals surface area contributed by atoms with E-state index < -0.39 is 0 Å². The first-order valence-electron chi connectivity index (χ1n) is 8.62. The molecule has 3 rings (SSSR count). The van der Waals surface area contributed by atoms with Gasteiger partial charge in [-0.25, -0.2) is 0 Å². The van der Waals surface area contributed by atoms with E-state index in [1.807, 2.05) is 32.0 Å². The molecule has 28 heavy (non-hydrogen) atoms. The van der Waals surface area contributed by atoms with E-state index in [-0.39, 0.29) is 17.6 Å². The van der Waals surface area contributed by atoms with Gasteiger partial charge in [0.25, 0.3) is 5.22 Å². The highest BCUT2D eigenvalue weighted by atomic mass is 32.2. The summed E-state index contributed by atoms with van der Waals surface area (Å²) in [6, 6.07) is 12.8. The summed E-state index contributed by atoms with van der Waals surface area (Å²) < 4.78 is 5.64. The molecule has 144 valence electrons. The smallest absolute Gasteiger partial charge is 0.277 e. The van der Waals surface area contributed by atoms with E-state index in [0.717, 1.165) is 11.1 Å². The van der Waals surface area contributed by atoms with Crippen molar-refractivity contribution in [2.24, 2.45) is 0 Å². The summed E-state index contributed by atoms with van der Waals surface area (Å²) in [4.78, 5) is 23.1. The summed E-state index contributed by atoms with van der Waals surface area (Å²) in [7, 11) is 0. The summed E-state index contributed by atoms with van der Waals surface area (Å²) in [6.45, 7) is 5.51. The average molecular weight is 396 g/mol. The van der Waals surface area contributed by atoms with E-state index in [9.17, 15) is 9.59 Å². The quantitative estimate of drug-likeness (QED) is 0.610. The Morgan fingerprint density at radius 3 is 2.29 bits per heavy atom. The molecule has 0 fully saturated rings. The van der Waals surface area contributed by atoms with Gasteiger partial charge in [-0.1, -0.05) is 17.8 Å². The van der Waals surface area contributed by atoms with Crippen molar-refractivity contribution in [1.29, 1.82) is 0 Å². The minimum absolute atomic E-state index is 0.141. The number of hydrogen-bond donors (Lipinski definition) is 2. The number of carbonyl (C=O) groups is 2. The standard InChI is InChI=1S/C20H20N4O3S/c1-12-4-5-15(10-13(12)2)19-23-24-20(27-19)28-11-18(26)22-17-8-6-16(7-9-17)21-14(3)25/h4-10H,11H2,1-3H3,(H,21,25)(H,22,26). The van der Waals surface area contributed by atoms with Gasteiger partial charge in [0.2, 0.25) is 17.7 Å².